The molecule has 0 N–H and O–H groups in total. The first-order valence-electron chi connectivity index (χ1n) is 16.6. The number of hydrogen-bond donors (Lipinski definition) is 0. The third-order valence-corrected chi connectivity index (χ3v) is 9.07. The van der Waals surface area contributed by atoms with Crippen LogP contribution in [0.1, 0.15) is 32.8 Å². The average Bonchev–Trinajstić information content (AvgIpc) is 3.42. The van der Waals surface area contributed by atoms with Gasteiger partial charge in [-0.2, -0.15) is 0 Å². The van der Waals surface area contributed by atoms with Gasteiger partial charge in [-0.25, -0.2) is 0 Å². The highest BCUT2D eigenvalue weighted by molar-refractivity contribution is 6.35. The second-order valence-corrected chi connectivity index (χ2v) is 12.9. The molecule has 48 heavy (non-hydrogen) atoms. The van der Waals surface area contributed by atoms with E-state index in [2.05, 4.69) is 4.90 Å². The van der Waals surface area contributed by atoms with Crippen LogP contribution in [-0.4, -0.2) is 85.3 Å². The van der Waals surface area contributed by atoms with Crippen LogP contribution in [0.5, 0.6) is 11.5 Å². The topological polar surface area (TPSA) is 84.0 Å². The van der Waals surface area contributed by atoms with E-state index in [0.717, 1.165) is 30.1 Å². The van der Waals surface area contributed by atoms with Crippen LogP contribution in [-0.2, 0) is 31.4 Å². The lowest BCUT2D eigenvalue weighted by Crippen LogP contribution is -2.50. The molecular formula is C36H40Cl2N4O6. The van der Waals surface area contributed by atoms with Gasteiger partial charge in [-0.15, -0.1) is 0 Å². The molecule has 3 heterocycles. The molecule has 2 saturated heterocycles. The maximum atomic E-state index is 11.7. The van der Waals surface area contributed by atoms with E-state index in [0.29, 0.717) is 60.6 Å². The van der Waals surface area contributed by atoms with Crippen molar-refractivity contribution in [2.45, 2.75) is 38.7 Å². The van der Waals surface area contributed by atoms with E-state index in [9.17, 15) is 9.59 Å². The van der Waals surface area contributed by atoms with Crippen LogP contribution in [0.15, 0.2) is 79.1 Å². The molecule has 6 rings (SSSR count). The average molecular weight is 697 g/mol. The fraction of sp³-hybridized carbons (Fsp3) is 0.389. The zero-order chi connectivity index (χ0) is 34.5. The number of piperazine rings is 1. The lowest BCUT2D eigenvalue weighted by molar-refractivity contribution is -0.310. The van der Waals surface area contributed by atoms with Crippen molar-refractivity contribution in [3.8, 4) is 11.5 Å². The van der Waals surface area contributed by atoms with Crippen molar-refractivity contribution in [1.82, 2.24) is 14.7 Å². The molecular weight excluding hydrogens is 655 g/mol. The molecule has 0 bridgehead atoms. The molecule has 1 unspecified atom stereocenters. The Morgan fingerprint density at radius 2 is 1.65 bits per heavy atom. The minimum absolute atomic E-state index is 0.112. The molecule has 0 radical (unpaired) electrons. The van der Waals surface area contributed by atoms with E-state index in [1.165, 1.54) is 6.92 Å². The van der Waals surface area contributed by atoms with Gasteiger partial charge in [0.2, 0.25) is 11.7 Å². The van der Waals surface area contributed by atoms with Crippen molar-refractivity contribution in [3.05, 3.63) is 100 Å². The SMILES string of the molecule is [2H]C1N(Cc2ccc(OC(C)=O)cc2)C=CN1C[C@]1(c2ccc(Cl)cc2Cl)OCC[C@@H](COc2ccc(N3CCN(C(C)=O)CC3)cc2)O1. The summed E-state index contributed by atoms with van der Waals surface area (Å²) in [6.07, 6.45) is 4.01. The molecule has 1 amide bonds. The molecule has 2 fully saturated rings. The molecule has 3 aromatic carbocycles. The van der Waals surface area contributed by atoms with Crippen LogP contribution in [0.4, 0.5) is 5.69 Å². The van der Waals surface area contributed by atoms with Gasteiger partial charge in [0.25, 0.3) is 0 Å². The van der Waals surface area contributed by atoms with Gasteiger partial charge in [0.05, 0.1) is 32.3 Å². The van der Waals surface area contributed by atoms with Gasteiger partial charge in [-0.3, -0.25) is 9.59 Å². The van der Waals surface area contributed by atoms with Gasteiger partial charge in [0.1, 0.15) is 18.1 Å². The predicted molar refractivity (Wildman–Crippen MR) is 184 cm³/mol. The fourth-order valence-electron chi connectivity index (χ4n) is 6.07. The van der Waals surface area contributed by atoms with Crippen LogP contribution in [0.2, 0.25) is 10.0 Å². The Morgan fingerprint density at radius 1 is 0.938 bits per heavy atom. The maximum Gasteiger partial charge on any atom is 0.308 e. The number of carbonyl (C=O) groups is 2. The second kappa shape index (κ2) is 15.1. The molecule has 3 aliphatic rings. The fourth-order valence-corrected chi connectivity index (χ4v) is 6.62. The largest absolute Gasteiger partial charge is 0.491 e. The number of esters is 1. The smallest absolute Gasteiger partial charge is 0.308 e. The third-order valence-electron chi connectivity index (χ3n) is 8.52. The highest BCUT2D eigenvalue weighted by Crippen LogP contribution is 2.40. The van der Waals surface area contributed by atoms with E-state index >= 15 is 0 Å². The first-order valence-corrected chi connectivity index (χ1v) is 16.7. The van der Waals surface area contributed by atoms with Gasteiger partial charge in [0.15, 0.2) is 0 Å². The van der Waals surface area contributed by atoms with Crippen molar-refractivity contribution in [2.75, 3.05) is 57.5 Å². The number of carbonyl (C=O) groups excluding carboxylic acids is 2. The van der Waals surface area contributed by atoms with Crippen LogP contribution in [0.25, 0.3) is 0 Å². The molecule has 12 heteroatoms. The summed E-state index contributed by atoms with van der Waals surface area (Å²) in [5.41, 5.74) is 2.67. The number of nitrogens with zero attached hydrogens (tertiary/aromatic N) is 4. The summed E-state index contributed by atoms with van der Waals surface area (Å²) in [5.74, 6) is -0.352. The Bertz CT molecular complexity index is 1650. The number of hydrogen-bond acceptors (Lipinski definition) is 9. The lowest BCUT2D eigenvalue weighted by Gasteiger charge is -2.43. The normalized spacial score (nSPS) is 22.9. The first-order chi connectivity index (χ1) is 23.6. The molecule has 3 aliphatic heterocycles. The quantitative estimate of drug-likeness (QED) is 0.191. The van der Waals surface area contributed by atoms with E-state index in [1.54, 1.807) is 31.2 Å². The minimum Gasteiger partial charge on any atom is -0.491 e. The van der Waals surface area contributed by atoms with E-state index in [-0.39, 0.29) is 24.5 Å². The molecule has 10 nitrogen and oxygen atoms in total. The molecule has 0 spiro atoms. The van der Waals surface area contributed by atoms with Crippen molar-refractivity contribution in [3.63, 3.8) is 0 Å². The van der Waals surface area contributed by atoms with Crippen molar-refractivity contribution in [1.29, 1.82) is 0 Å². The molecule has 254 valence electrons. The van der Waals surface area contributed by atoms with Gasteiger partial charge in [-0.1, -0.05) is 41.4 Å². The number of rotatable bonds is 10. The Morgan fingerprint density at radius 3 is 2.33 bits per heavy atom. The highest BCUT2D eigenvalue weighted by Gasteiger charge is 2.44. The van der Waals surface area contributed by atoms with Crippen LogP contribution < -0.4 is 14.4 Å². The van der Waals surface area contributed by atoms with Gasteiger partial charge >= 0.3 is 5.97 Å². The highest BCUT2D eigenvalue weighted by atomic mass is 35.5. The third kappa shape index (κ3) is 8.36. The standard InChI is InChI=1S/C36H40Cl2N4O6/c1-26(43)41-16-18-42(19-17-41)30-6-10-31(11-7-30)45-23-33-13-20-46-36(48-33,34-12-5-29(37)21-35(34)38)24-40-15-14-39(25-40)22-28-3-8-32(9-4-28)47-27(2)44/h3-12,14-15,21,33H,13,16-20,22-25H2,1-2H3/t33-,36-/m0/s1/i25D/t25?,33-,36-. The van der Waals surface area contributed by atoms with Crippen LogP contribution >= 0.6 is 23.2 Å². The van der Waals surface area contributed by atoms with Crippen LogP contribution in [0.3, 0.4) is 0 Å². The van der Waals surface area contributed by atoms with Crippen LogP contribution in [0, 0.1) is 0 Å². The summed E-state index contributed by atoms with van der Waals surface area (Å²) in [6.45, 7) is 6.59. The number of amides is 1. The number of ether oxygens (including phenoxy) is 4. The monoisotopic (exact) mass is 695 g/mol. The Hall–Kier alpha value is -3.96. The summed E-state index contributed by atoms with van der Waals surface area (Å²) < 4.78 is 33.6. The summed E-state index contributed by atoms with van der Waals surface area (Å²) in [6, 6.07) is 20.4. The summed E-state index contributed by atoms with van der Waals surface area (Å²) in [5, 5.41) is 0.900. The zero-order valence-electron chi connectivity index (χ0n) is 28.0. The maximum absolute atomic E-state index is 11.7. The van der Waals surface area contributed by atoms with Crippen molar-refractivity contribution < 1.29 is 29.9 Å². The first kappa shape index (κ1) is 32.6. The summed E-state index contributed by atoms with van der Waals surface area (Å²) in [4.78, 5) is 30.8. The van der Waals surface area contributed by atoms with Gasteiger partial charge < -0.3 is 38.5 Å². The molecule has 0 saturated carbocycles. The Labute approximate surface area is 292 Å². The van der Waals surface area contributed by atoms with E-state index in [4.69, 9.17) is 43.5 Å². The predicted octanol–water partition coefficient (Wildman–Crippen LogP) is 5.87. The van der Waals surface area contributed by atoms with E-state index < -0.39 is 12.4 Å². The van der Waals surface area contributed by atoms with Gasteiger partial charge in [0, 0.05) is 81.7 Å². The zero-order valence-corrected chi connectivity index (χ0v) is 28.5. The summed E-state index contributed by atoms with van der Waals surface area (Å²) >= 11 is 13.0. The molecule has 0 aromatic heterocycles. The molecule has 0 aliphatic carbocycles. The van der Waals surface area contributed by atoms with Crippen molar-refractivity contribution in [2.24, 2.45) is 0 Å². The minimum atomic E-state index is -1.29. The number of benzene rings is 3. The number of halogens is 2. The Balaban J connectivity index is 1.11. The molecule has 3 aromatic rings. The Kier molecular flexibility index (Phi) is 10.2. The van der Waals surface area contributed by atoms with E-state index in [1.807, 2.05) is 69.6 Å². The lowest BCUT2D eigenvalue weighted by atomic mass is 10.0. The number of anilines is 1. The molecule has 3 atom stereocenters. The van der Waals surface area contributed by atoms with Crippen molar-refractivity contribution >= 4 is 40.8 Å². The van der Waals surface area contributed by atoms with Gasteiger partial charge in [-0.05, 0) is 54.1 Å². The second-order valence-electron chi connectivity index (χ2n) is 12.0. The summed E-state index contributed by atoms with van der Waals surface area (Å²) in [7, 11) is 0.